The third-order valence-electron chi connectivity index (χ3n) is 3.99. The van der Waals surface area contributed by atoms with Crippen LogP contribution in [0, 0.1) is 5.92 Å². The van der Waals surface area contributed by atoms with Gasteiger partial charge in [0.2, 0.25) is 0 Å². The molecule has 1 atom stereocenters. The molecule has 1 aliphatic heterocycles. The number of anilines is 1. The summed E-state index contributed by atoms with van der Waals surface area (Å²) in [5.41, 5.74) is 8.59. The highest BCUT2D eigenvalue weighted by Gasteiger charge is 2.15. The molecule has 1 aromatic rings. The first-order valence-corrected chi connectivity index (χ1v) is 7.34. The topological polar surface area (TPSA) is 29.3 Å². The Balaban J connectivity index is 1.84. The number of hydrogen-bond donors (Lipinski definition) is 1. The van der Waals surface area contributed by atoms with Gasteiger partial charge < -0.3 is 10.6 Å². The molecule has 0 spiro atoms. The Bertz CT molecular complexity index is 362. The van der Waals surface area contributed by atoms with E-state index in [0.29, 0.717) is 0 Å². The maximum absolute atomic E-state index is 5.60. The van der Waals surface area contributed by atoms with Gasteiger partial charge in [-0.05, 0) is 56.2 Å². The molecular formula is C16H26N2. The molecule has 0 aromatic heterocycles. The van der Waals surface area contributed by atoms with Gasteiger partial charge in [-0.2, -0.15) is 0 Å². The molecule has 1 aromatic carbocycles. The van der Waals surface area contributed by atoms with Crippen LogP contribution in [0.1, 0.15) is 38.2 Å². The van der Waals surface area contributed by atoms with Crippen molar-refractivity contribution in [3.63, 3.8) is 0 Å². The Morgan fingerprint density at radius 3 is 2.94 bits per heavy atom. The minimum atomic E-state index is 0.773. The lowest BCUT2D eigenvalue weighted by atomic mass is 9.99. The molecule has 100 valence electrons. The molecule has 2 N–H and O–H groups in total. The Kier molecular flexibility index (Phi) is 5.06. The lowest BCUT2D eigenvalue weighted by Crippen LogP contribution is -2.30. The zero-order valence-electron chi connectivity index (χ0n) is 11.6. The Labute approximate surface area is 111 Å². The molecule has 0 radical (unpaired) electrons. The van der Waals surface area contributed by atoms with E-state index in [0.717, 1.165) is 18.9 Å². The summed E-state index contributed by atoms with van der Waals surface area (Å²) in [6.07, 6.45) is 6.30. The van der Waals surface area contributed by atoms with Crippen LogP contribution in [0.2, 0.25) is 0 Å². The molecule has 1 aliphatic rings. The number of para-hydroxylation sites is 1. The SMILES string of the molecule is CC(CCN)CCCN1CCCc2ccccc21. The Hall–Kier alpha value is -1.02. The van der Waals surface area contributed by atoms with Crippen molar-refractivity contribution >= 4 is 5.69 Å². The van der Waals surface area contributed by atoms with Crippen LogP contribution in [0.25, 0.3) is 0 Å². The van der Waals surface area contributed by atoms with Crippen LogP contribution < -0.4 is 10.6 Å². The van der Waals surface area contributed by atoms with Crippen LogP contribution in [0.3, 0.4) is 0 Å². The fourth-order valence-corrected chi connectivity index (χ4v) is 2.90. The summed E-state index contributed by atoms with van der Waals surface area (Å²) >= 11 is 0. The smallest absolute Gasteiger partial charge is 0.0398 e. The van der Waals surface area contributed by atoms with Crippen LogP contribution in [0.15, 0.2) is 24.3 Å². The second-order valence-electron chi connectivity index (χ2n) is 5.54. The molecule has 1 unspecified atom stereocenters. The lowest BCUT2D eigenvalue weighted by Gasteiger charge is -2.31. The van der Waals surface area contributed by atoms with Gasteiger partial charge in [-0.25, -0.2) is 0 Å². The van der Waals surface area contributed by atoms with E-state index in [9.17, 15) is 0 Å². The number of aryl methyl sites for hydroxylation is 1. The molecule has 2 nitrogen and oxygen atoms in total. The van der Waals surface area contributed by atoms with Gasteiger partial charge in [0.25, 0.3) is 0 Å². The van der Waals surface area contributed by atoms with Crippen molar-refractivity contribution in [3.8, 4) is 0 Å². The van der Waals surface area contributed by atoms with Crippen LogP contribution in [-0.4, -0.2) is 19.6 Å². The van der Waals surface area contributed by atoms with Gasteiger partial charge in [0.15, 0.2) is 0 Å². The van der Waals surface area contributed by atoms with Gasteiger partial charge in [-0.15, -0.1) is 0 Å². The van der Waals surface area contributed by atoms with Gasteiger partial charge in [0.1, 0.15) is 0 Å². The monoisotopic (exact) mass is 246 g/mol. The summed E-state index contributed by atoms with van der Waals surface area (Å²) in [6.45, 7) is 5.57. The molecule has 2 heteroatoms. The third-order valence-corrected chi connectivity index (χ3v) is 3.99. The van der Waals surface area contributed by atoms with Gasteiger partial charge >= 0.3 is 0 Å². The van der Waals surface area contributed by atoms with Gasteiger partial charge in [-0.3, -0.25) is 0 Å². The molecule has 1 heterocycles. The van der Waals surface area contributed by atoms with Crippen molar-refractivity contribution in [1.82, 2.24) is 0 Å². The average Bonchev–Trinajstić information content (AvgIpc) is 2.39. The Morgan fingerprint density at radius 1 is 1.28 bits per heavy atom. The predicted molar refractivity (Wildman–Crippen MR) is 79.0 cm³/mol. The number of hydrogen-bond acceptors (Lipinski definition) is 2. The van der Waals surface area contributed by atoms with Crippen LogP contribution in [0.4, 0.5) is 5.69 Å². The average molecular weight is 246 g/mol. The number of nitrogens with zero attached hydrogens (tertiary/aromatic N) is 1. The van der Waals surface area contributed by atoms with Crippen LogP contribution in [0.5, 0.6) is 0 Å². The van der Waals surface area contributed by atoms with Gasteiger partial charge in [0.05, 0.1) is 0 Å². The minimum absolute atomic E-state index is 0.773. The van der Waals surface area contributed by atoms with E-state index in [2.05, 4.69) is 36.1 Å². The highest BCUT2D eigenvalue weighted by molar-refractivity contribution is 5.55. The third kappa shape index (κ3) is 3.49. The second kappa shape index (κ2) is 6.79. The lowest BCUT2D eigenvalue weighted by molar-refractivity contribution is 0.477. The highest BCUT2D eigenvalue weighted by Crippen LogP contribution is 2.27. The first-order valence-electron chi connectivity index (χ1n) is 7.34. The normalized spacial score (nSPS) is 16.4. The molecule has 0 amide bonds. The zero-order valence-corrected chi connectivity index (χ0v) is 11.6. The zero-order chi connectivity index (χ0) is 12.8. The van der Waals surface area contributed by atoms with Crippen molar-refractivity contribution in [2.45, 2.75) is 39.0 Å². The van der Waals surface area contributed by atoms with E-state index in [1.807, 2.05) is 0 Å². The fraction of sp³-hybridized carbons (Fsp3) is 0.625. The second-order valence-corrected chi connectivity index (χ2v) is 5.54. The van der Waals surface area contributed by atoms with E-state index in [1.54, 1.807) is 0 Å². The summed E-state index contributed by atoms with van der Waals surface area (Å²) in [6, 6.07) is 8.87. The largest absolute Gasteiger partial charge is 0.371 e. The summed E-state index contributed by atoms with van der Waals surface area (Å²) in [4.78, 5) is 2.56. The molecule has 0 saturated heterocycles. The molecule has 18 heavy (non-hydrogen) atoms. The molecular weight excluding hydrogens is 220 g/mol. The fourth-order valence-electron chi connectivity index (χ4n) is 2.90. The van der Waals surface area contributed by atoms with E-state index in [1.165, 1.54) is 50.0 Å². The first-order chi connectivity index (χ1) is 8.81. The standard InChI is InChI=1S/C16H26N2/c1-14(10-11-17)6-4-12-18-13-5-8-15-7-2-3-9-16(15)18/h2-3,7,9,14H,4-6,8,10-13,17H2,1H3. The van der Waals surface area contributed by atoms with E-state index in [-0.39, 0.29) is 0 Å². The van der Waals surface area contributed by atoms with E-state index < -0.39 is 0 Å². The summed E-state index contributed by atoms with van der Waals surface area (Å²) in [5.74, 6) is 0.773. The van der Waals surface area contributed by atoms with Crippen molar-refractivity contribution in [2.24, 2.45) is 11.7 Å². The number of benzene rings is 1. The molecule has 2 rings (SSSR count). The van der Waals surface area contributed by atoms with Crippen LogP contribution >= 0.6 is 0 Å². The number of rotatable bonds is 6. The molecule has 0 bridgehead atoms. The summed E-state index contributed by atoms with van der Waals surface area (Å²) in [5, 5.41) is 0. The molecule has 0 saturated carbocycles. The summed E-state index contributed by atoms with van der Waals surface area (Å²) in [7, 11) is 0. The number of nitrogens with two attached hydrogens (primary N) is 1. The van der Waals surface area contributed by atoms with Gasteiger partial charge in [-0.1, -0.05) is 25.1 Å². The summed E-state index contributed by atoms with van der Waals surface area (Å²) < 4.78 is 0. The van der Waals surface area contributed by atoms with Crippen molar-refractivity contribution in [1.29, 1.82) is 0 Å². The highest BCUT2D eigenvalue weighted by atomic mass is 15.1. The minimum Gasteiger partial charge on any atom is -0.371 e. The maximum Gasteiger partial charge on any atom is 0.0398 e. The van der Waals surface area contributed by atoms with Crippen molar-refractivity contribution < 1.29 is 0 Å². The van der Waals surface area contributed by atoms with E-state index >= 15 is 0 Å². The predicted octanol–water partition coefficient (Wildman–Crippen LogP) is 3.20. The van der Waals surface area contributed by atoms with Crippen LogP contribution in [-0.2, 0) is 6.42 Å². The Morgan fingerprint density at radius 2 is 2.11 bits per heavy atom. The molecule has 0 aliphatic carbocycles. The first kappa shape index (κ1) is 13.4. The van der Waals surface area contributed by atoms with Crippen molar-refractivity contribution in [2.75, 3.05) is 24.5 Å². The van der Waals surface area contributed by atoms with Gasteiger partial charge in [0, 0.05) is 18.8 Å². The van der Waals surface area contributed by atoms with E-state index in [4.69, 9.17) is 5.73 Å². The maximum atomic E-state index is 5.60. The quantitative estimate of drug-likeness (QED) is 0.835. The van der Waals surface area contributed by atoms with Crippen molar-refractivity contribution in [3.05, 3.63) is 29.8 Å². The molecule has 0 fully saturated rings. The number of fused-ring (bicyclic) bond motifs is 1.